The van der Waals surface area contributed by atoms with Crippen LogP contribution in [0.5, 0.6) is 0 Å². The Hall–Kier alpha value is -0.0800. The van der Waals surface area contributed by atoms with Gasteiger partial charge in [-0.2, -0.15) is 0 Å². The summed E-state index contributed by atoms with van der Waals surface area (Å²) in [5.74, 6) is 0.389. The molecule has 0 bridgehead atoms. The third kappa shape index (κ3) is 2.82. The van der Waals surface area contributed by atoms with Crippen molar-refractivity contribution in [3.05, 3.63) is 0 Å². The second-order valence-electron chi connectivity index (χ2n) is 2.66. The topological polar surface area (TPSA) is 40.5 Å². The van der Waals surface area contributed by atoms with Crippen LogP contribution < -0.4 is 0 Å². The van der Waals surface area contributed by atoms with Crippen LogP contribution in [-0.4, -0.2) is 16.5 Å². The van der Waals surface area contributed by atoms with E-state index in [1.54, 1.807) is 0 Å². The van der Waals surface area contributed by atoms with Gasteiger partial charge in [0.1, 0.15) is 0 Å². The highest BCUT2D eigenvalue weighted by Gasteiger charge is 2.16. The molecule has 0 amide bonds. The van der Waals surface area contributed by atoms with Crippen LogP contribution in [0.25, 0.3) is 0 Å². The first-order valence-electron chi connectivity index (χ1n) is 3.45. The summed E-state index contributed by atoms with van der Waals surface area (Å²) in [5.41, 5.74) is 0. The molecule has 2 unspecified atom stereocenters. The van der Waals surface area contributed by atoms with Crippen LogP contribution in [0, 0.1) is 11.8 Å². The van der Waals surface area contributed by atoms with Crippen molar-refractivity contribution in [3.63, 3.8) is 0 Å². The van der Waals surface area contributed by atoms with Crippen molar-refractivity contribution in [2.45, 2.75) is 33.5 Å². The average molecular weight is 132 g/mol. The Morgan fingerprint density at radius 3 is 1.78 bits per heavy atom. The quantitative estimate of drug-likeness (QED) is 0.562. The minimum absolute atomic E-state index is 0.00463. The summed E-state index contributed by atoms with van der Waals surface area (Å²) < 4.78 is 0. The fourth-order valence-electron chi connectivity index (χ4n) is 0.666. The Morgan fingerprint density at radius 1 is 1.22 bits per heavy atom. The van der Waals surface area contributed by atoms with Gasteiger partial charge in [-0.3, -0.25) is 0 Å². The molecule has 0 rings (SSSR count). The van der Waals surface area contributed by atoms with Crippen LogP contribution in [0.4, 0.5) is 0 Å². The van der Waals surface area contributed by atoms with Gasteiger partial charge in [0.2, 0.25) is 0 Å². The van der Waals surface area contributed by atoms with E-state index < -0.39 is 6.29 Å². The number of aliphatic hydroxyl groups excluding tert-OH is 1. The van der Waals surface area contributed by atoms with Crippen molar-refractivity contribution < 1.29 is 10.2 Å². The molecular weight excluding hydrogens is 116 g/mol. The Labute approximate surface area is 56.5 Å². The molecule has 0 aliphatic carbocycles. The normalized spacial score (nSPS) is 18.0. The highest BCUT2D eigenvalue weighted by Crippen LogP contribution is 2.16. The van der Waals surface area contributed by atoms with Crippen molar-refractivity contribution in [1.29, 1.82) is 0 Å². The zero-order valence-corrected chi connectivity index (χ0v) is 6.33. The van der Waals surface area contributed by atoms with Crippen molar-refractivity contribution in [2.75, 3.05) is 0 Å². The van der Waals surface area contributed by atoms with E-state index in [0.29, 0.717) is 5.92 Å². The highest BCUT2D eigenvalue weighted by molar-refractivity contribution is 4.60. The molecule has 0 fully saturated rings. The second-order valence-corrected chi connectivity index (χ2v) is 2.66. The summed E-state index contributed by atoms with van der Waals surface area (Å²) in [5, 5.41) is 17.4. The van der Waals surface area contributed by atoms with Crippen LogP contribution in [0.2, 0.25) is 0 Å². The Kier molecular flexibility index (Phi) is 3.82. The SMILES string of the molecule is CCC(C)C(C)C(O)O. The smallest absolute Gasteiger partial charge is 0.154 e. The number of hydrogen-bond acceptors (Lipinski definition) is 2. The third-order valence-electron chi connectivity index (χ3n) is 2.01. The summed E-state index contributed by atoms with van der Waals surface area (Å²) in [6.45, 7) is 5.91. The summed E-state index contributed by atoms with van der Waals surface area (Å²) in [7, 11) is 0. The maximum atomic E-state index is 8.68. The first kappa shape index (κ1) is 8.92. The van der Waals surface area contributed by atoms with E-state index in [1.165, 1.54) is 0 Å². The average Bonchev–Trinajstić information content (AvgIpc) is 1.84. The summed E-state index contributed by atoms with van der Waals surface area (Å²) in [4.78, 5) is 0. The van der Waals surface area contributed by atoms with E-state index in [2.05, 4.69) is 0 Å². The molecule has 0 aliphatic heterocycles. The highest BCUT2D eigenvalue weighted by atomic mass is 16.5. The van der Waals surface area contributed by atoms with E-state index in [4.69, 9.17) is 10.2 Å². The van der Waals surface area contributed by atoms with Gasteiger partial charge in [0, 0.05) is 5.92 Å². The Bertz CT molecular complexity index is 71.3. The Balaban J connectivity index is 3.58. The minimum Gasteiger partial charge on any atom is -0.368 e. The predicted octanol–water partition coefficient (Wildman–Crippen LogP) is 0.979. The van der Waals surface area contributed by atoms with Crippen molar-refractivity contribution >= 4 is 0 Å². The summed E-state index contributed by atoms with van der Waals surface area (Å²) >= 11 is 0. The molecule has 0 saturated carbocycles. The summed E-state index contributed by atoms with van der Waals surface area (Å²) in [6.07, 6.45) is -0.154. The first-order chi connectivity index (χ1) is 4.09. The number of rotatable bonds is 3. The molecule has 0 radical (unpaired) electrons. The molecule has 0 aromatic carbocycles. The molecule has 2 heteroatoms. The lowest BCUT2D eigenvalue weighted by Gasteiger charge is -2.19. The van der Waals surface area contributed by atoms with Crippen LogP contribution in [0.1, 0.15) is 27.2 Å². The molecular formula is C7H16O2. The lowest BCUT2D eigenvalue weighted by atomic mass is 9.93. The molecule has 9 heavy (non-hydrogen) atoms. The third-order valence-corrected chi connectivity index (χ3v) is 2.01. The maximum Gasteiger partial charge on any atom is 0.154 e. The van der Waals surface area contributed by atoms with Crippen molar-refractivity contribution in [1.82, 2.24) is 0 Å². The largest absolute Gasteiger partial charge is 0.368 e. The standard InChI is InChI=1S/C7H16O2/c1-4-5(2)6(3)7(8)9/h5-9H,4H2,1-3H3. The lowest BCUT2D eigenvalue weighted by molar-refractivity contribution is -0.0926. The van der Waals surface area contributed by atoms with Gasteiger partial charge in [-0.1, -0.05) is 27.2 Å². The van der Waals surface area contributed by atoms with E-state index >= 15 is 0 Å². The van der Waals surface area contributed by atoms with E-state index in [-0.39, 0.29) is 5.92 Å². The van der Waals surface area contributed by atoms with Crippen molar-refractivity contribution in [2.24, 2.45) is 11.8 Å². The monoisotopic (exact) mass is 132 g/mol. The van der Waals surface area contributed by atoms with E-state index in [9.17, 15) is 0 Å². The van der Waals surface area contributed by atoms with Gasteiger partial charge in [-0.15, -0.1) is 0 Å². The van der Waals surface area contributed by atoms with Gasteiger partial charge >= 0.3 is 0 Å². The molecule has 0 aromatic rings. The zero-order valence-electron chi connectivity index (χ0n) is 6.33. The van der Waals surface area contributed by atoms with Gasteiger partial charge in [-0.05, 0) is 5.92 Å². The predicted molar refractivity (Wildman–Crippen MR) is 36.8 cm³/mol. The van der Waals surface area contributed by atoms with Gasteiger partial charge in [0.25, 0.3) is 0 Å². The first-order valence-corrected chi connectivity index (χ1v) is 3.45. The molecule has 0 aromatic heterocycles. The molecule has 2 nitrogen and oxygen atoms in total. The van der Waals surface area contributed by atoms with Crippen molar-refractivity contribution in [3.8, 4) is 0 Å². The fourth-order valence-corrected chi connectivity index (χ4v) is 0.666. The van der Waals surface area contributed by atoms with Crippen LogP contribution >= 0.6 is 0 Å². The second kappa shape index (κ2) is 3.85. The van der Waals surface area contributed by atoms with Gasteiger partial charge in [0.05, 0.1) is 0 Å². The molecule has 0 heterocycles. The zero-order chi connectivity index (χ0) is 7.44. The molecule has 56 valence electrons. The molecule has 0 spiro atoms. The number of hydrogen-bond donors (Lipinski definition) is 2. The minimum atomic E-state index is -1.15. The fraction of sp³-hybridized carbons (Fsp3) is 1.00. The van der Waals surface area contributed by atoms with E-state index in [1.807, 2.05) is 20.8 Å². The van der Waals surface area contributed by atoms with Gasteiger partial charge in [-0.25, -0.2) is 0 Å². The molecule has 2 N–H and O–H groups in total. The summed E-state index contributed by atoms with van der Waals surface area (Å²) in [6, 6.07) is 0. The van der Waals surface area contributed by atoms with Crippen LogP contribution in [-0.2, 0) is 0 Å². The van der Waals surface area contributed by atoms with E-state index in [0.717, 1.165) is 6.42 Å². The van der Waals surface area contributed by atoms with Crippen LogP contribution in [0.15, 0.2) is 0 Å². The Morgan fingerprint density at radius 2 is 1.67 bits per heavy atom. The van der Waals surface area contributed by atoms with Crippen LogP contribution in [0.3, 0.4) is 0 Å². The molecule has 0 aliphatic rings. The lowest BCUT2D eigenvalue weighted by Crippen LogP contribution is -2.22. The van der Waals surface area contributed by atoms with Gasteiger partial charge in [0.15, 0.2) is 6.29 Å². The molecule has 0 saturated heterocycles. The number of aliphatic hydroxyl groups is 2. The van der Waals surface area contributed by atoms with Gasteiger partial charge < -0.3 is 10.2 Å². The molecule has 2 atom stereocenters. The maximum absolute atomic E-state index is 8.68.